The number of nitrogens with zero attached hydrogens (tertiary/aromatic N) is 2. The van der Waals surface area contributed by atoms with Crippen LogP contribution in [0.1, 0.15) is 36.0 Å². The molecule has 0 saturated heterocycles. The van der Waals surface area contributed by atoms with E-state index in [1.54, 1.807) is 0 Å². The molecule has 0 spiro atoms. The van der Waals surface area contributed by atoms with Gasteiger partial charge in [-0.1, -0.05) is 36.3 Å². The number of thiazole rings is 1. The van der Waals surface area contributed by atoms with Crippen LogP contribution in [0.2, 0.25) is 4.34 Å². The van der Waals surface area contributed by atoms with Gasteiger partial charge in [0.05, 0.1) is 18.2 Å². The van der Waals surface area contributed by atoms with Crippen molar-refractivity contribution in [2.45, 2.75) is 32.2 Å². The van der Waals surface area contributed by atoms with E-state index in [1.165, 1.54) is 6.20 Å². The highest BCUT2D eigenvalue weighted by atomic mass is 35.5. The molecule has 3 unspecified atom stereocenters. The molecule has 0 bridgehead atoms. The first kappa shape index (κ1) is 13.3. The van der Waals surface area contributed by atoms with E-state index in [2.05, 4.69) is 23.3 Å². The van der Waals surface area contributed by atoms with Gasteiger partial charge in [-0.05, 0) is 18.8 Å². The fourth-order valence-corrected chi connectivity index (χ4v) is 3.20. The van der Waals surface area contributed by atoms with Crippen molar-refractivity contribution in [2.75, 3.05) is 0 Å². The van der Waals surface area contributed by atoms with E-state index in [4.69, 9.17) is 11.6 Å². The molecular weight excluding hydrogens is 270 g/mol. The molecule has 6 heteroatoms. The van der Waals surface area contributed by atoms with Crippen LogP contribution in [0.4, 0.5) is 0 Å². The van der Waals surface area contributed by atoms with Crippen LogP contribution >= 0.6 is 22.9 Å². The summed E-state index contributed by atoms with van der Waals surface area (Å²) in [6.07, 6.45) is 4.41. The lowest BCUT2D eigenvalue weighted by Gasteiger charge is -2.32. The molecule has 2 rings (SSSR count). The number of carbonyl (C=O) groups is 1. The Hall–Kier alpha value is -1.12. The van der Waals surface area contributed by atoms with E-state index in [-0.39, 0.29) is 17.9 Å². The molecule has 0 aliphatic heterocycles. The molecule has 1 amide bonds. The summed E-state index contributed by atoms with van der Waals surface area (Å²) >= 11 is 6.90. The maximum absolute atomic E-state index is 12.0. The van der Waals surface area contributed by atoms with Crippen molar-refractivity contribution in [1.29, 1.82) is 5.26 Å². The van der Waals surface area contributed by atoms with Crippen LogP contribution in [0.15, 0.2) is 6.20 Å². The minimum atomic E-state index is -0.230. The summed E-state index contributed by atoms with van der Waals surface area (Å²) in [5.74, 6) is -0.0154. The second kappa shape index (κ2) is 5.68. The highest BCUT2D eigenvalue weighted by Gasteiger charge is 2.32. The largest absolute Gasteiger partial charge is 0.346 e. The maximum atomic E-state index is 12.0. The summed E-state index contributed by atoms with van der Waals surface area (Å²) in [5, 5.41) is 12.4. The first-order chi connectivity index (χ1) is 8.61. The predicted octanol–water partition coefficient (Wildman–Crippen LogP) is 2.85. The average molecular weight is 284 g/mol. The lowest BCUT2D eigenvalue weighted by Crippen LogP contribution is -2.44. The normalized spacial score (nSPS) is 27.5. The van der Waals surface area contributed by atoms with Gasteiger partial charge in [-0.15, -0.1) is 0 Å². The fourth-order valence-electron chi connectivity index (χ4n) is 2.38. The van der Waals surface area contributed by atoms with Crippen LogP contribution in [0.25, 0.3) is 0 Å². The second-order valence-electron chi connectivity index (χ2n) is 4.61. The molecular formula is C12H14ClN3OS. The van der Waals surface area contributed by atoms with Crippen molar-refractivity contribution in [2.24, 2.45) is 11.8 Å². The van der Waals surface area contributed by atoms with Crippen LogP contribution in [0.5, 0.6) is 0 Å². The van der Waals surface area contributed by atoms with Crippen LogP contribution in [0, 0.1) is 23.2 Å². The van der Waals surface area contributed by atoms with Crippen molar-refractivity contribution >= 4 is 28.8 Å². The SMILES string of the molecule is CC1CCCC(NC(=O)c2ncc(Cl)s2)C1C#N. The summed E-state index contributed by atoms with van der Waals surface area (Å²) in [4.78, 5) is 15.9. The van der Waals surface area contributed by atoms with Gasteiger partial charge >= 0.3 is 0 Å². The third-order valence-corrected chi connectivity index (χ3v) is 4.47. The second-order valence-corrected chi connectivity index (χ2v) is 6.27. The molecule has 1 N–H and O–H groups in total. The minimum absolute atomic E-state index is 0.0751. The van der Waals surface area contributed by atoms with Gasteiger partial charge in [0.15, 0.2) is 5.01 Å². The molecule has 0 radical (unpaired) electrons. The number of nitrogens with one attached hydrogen (secondary N) is 1. The van der Waals surface area contributed by atoms with E-state index in [1.807, 2.05) is 0 Å². The Labute approximate surface area is 115 Å². The number of hydrogen-bond donors (Lipinski definition) is 1. The van der Waals surface area contributed by atoms with Gasteiger partial charge in [0, 0.05) is 6.04 Å². The van der Waals surface area contributed by atoms with Crippen LogP contribution < -0.4 is 5.32 Å². The average Bonchev–Trinajstić information content (AvgIpc) is 2.76. The number of aromatic nitrogens is 1. The zero-order chi connectivity index (χ0) is 13.1. The van der Waals surface area contributed by atoms with E-state index in [0.29, 0.717) is 15.3 Å². The molecule has 96 valence electrons. The summed E-state index contributed by atoms with van der Waals surface area (Å²) in [6.45, 7) is 2.06. The number of nitriles is 1. The molecule has 4 nitrogen and oxygen atoms in total. The Morgan fingerprint density at radius 1 is 1.67 bits per heavy atom. The molecule has 0 aromatic carbocycles. The summed E-state index contributed by atoms with van der Waals surface area (Å²) in [5.41, 5.74) is 0. The van der Waals surface area contributed by atoms with Gasteiger partial charge in [-0.2, -0.15) is 5.26 Å². The van der Waals surface area contributed by atoms with Crippen molar-refractivity contribution in [3.8, 4) is 6.07 Å². The quantitative estimate of drug-likeness (QED) is 0.907. The van der Waals surface area contributed by atoms with Crippen molar-refractivity contribution in [1.82, 2.24) is 10.3 Å². The van der Waals surface area contributed by atoms with Gasteiger partial charge in [0.2, 0.25) is 0 Å². The number of hydrogen-bond acceptors (Lipinski definition) is 4. The number of rotatable bonds is 2. The predicted molar refractivity (Wildman–Crippen MR) is 70.5 cm³/mol. The van der Waals surface area contributed by atoms with Gasteiger partial charge in [-0.3, -0.25) is 4.79 Å². The summed E-state index contributed by atoms with van der Waals surface area (Å²) in [6, 6.07) is 2.23. The zero-order valence-corrected chi connectivity index (χ0v) is 11.6. The van der Waals surface area contributed by atoms with Crippen LogP contribution in [0.3, 0.4) is 0 Å². The van der Waals surface area contributed by atoms with Gasteiger partial charge in [0.1, 0.15) is 4.34 Å². The van der Waals surface area contributed by atoms with E-state index >= 15 is 0 Å². The van der Waals surface area contributed by atoms with Gasteiger partial charge in [-0.25, -0.2) is 4.98 Å². The first-order valence-corrected chi connectivity index (χ1v) is 7.13. The van der Waals surface area contributed by atoms with E-state index in [9.17, 15) is 10.1 Å². The third kappa shape index (κ3) is 2.82. The molecule has 1 aromatic heterocycles. The van der Waals surface area contributed by atoms with E-state index in [0.717, 1.165) is 30.6 Å². The molecule has 1 fully saturated rings. The molecule has 1 aliphatic carbocycles. The molecule has 1 saturated carbocycles. The highest BCUT2D eigenvalue weighted by Crippen LogP contribution is 2.30. The van der Waals surface area contributed by atoms with Gasteiger partial charge < -0.3 is 5.32 Å². The van der Waals surface area contributed by atoms with E-state index < -0.39 is 0 Å². The number of carbonyl (C=O) groups excluding carboxylic acids is 1. The van der Waals surface area contributed by atoms with Crippen LogP contribution in [-0.4, -0.2) is 16.9 Å². The number of amides is 1. The van der Waals surface area contributed by atoms with Crippen molar-refractivity contribution in [3.63, 3.8) is 0 Å². The fraction of sp³-hybridized carbons (Fsp3) is 0.583. The first-order valence-electron chi connectivity index (χ1n) is 5.93. The molecule has 1 heterocycles. The molecule has 18 heavy (non-hydrogen) atoms. The topological polar surface area (TPSA) is 65.8 Å². The monoisotopic (exact) mass is 283 g/mol. The zero-order valence-electron chi connectivity index (χ0n) is 10.0. The summed E-state index contributed by atoms with van der Waals surface area (Å²) in [7, 11) is 0. The Kier molecular flexibility index (Phi) is 4.20. The molecule has 3 atom stereocenters. The van der Waals surface area contributed by atoms with Crippen molar-refractivity contribution < 1.29 is 4.79 Å². The number of halogens is 1. The summed E-state index contributed by atoms with van der Waals surface area (Å²) < 4.78 is 0.494. The molecule has 1 aliphatic rings. The Morgan fingerprint density at radius 3 is 3.06 bits per heavy atom. The molecule has 1 aromatic rings. The third-order valence-electron chi connectivity index (χ3n) is 3.36. The van der Waals surface area contributed by atoms with Crippen molar-refractivity contribution in [3.05, 3.63) is 15.5 Å². The van der Waals surface area contributed by atoms with Gasteiger partial charge in [0.25, 0.3) is 5.91 Å². The standard InChI is InChI=1S/C12H14ClN3OS/c1-7-3-2-4-9(8(7)5-14)16-11(17)12-15-6-10(13)18-12/h6-9H,2-4H2,1H3,(H,16,17). The lowest BCUT2D eigenvalue weighted by molar-refractivity contribution is 0.0904. The minimum Gasteiger partial charge on any atom is -0.346 e. The highest BCUT2D eigenvalue weighted by molar-refractivity contribution is 7.17. The smallest absolute Gasteiger partial charge is 0.280 e. The Bertz CT molecular complexity index is 482. The Morgan fingerprint density at radius 2 is 2.44 bits per heavy atom. The maximum Gasteiger partial charge on any atom is 0.280 e. The lowest BCUT2D eigenvalue weighted by atomic mass is 9.77. The Balaban J connectivity index is 2.04. The van der Waals surface area contributed by atoms with Crippen LogP contribution in [-0.2, 0) is 0 Å².